The fourth-order valence-corrected chi connectivity index (χ4v) is 6.16. The van der Waals surface area contributed by atoms with Gasteiger partial charge in [-0.3, -0.25) is 9.10 Å². The number of hydrogen-bond acceptors (Lipinski definition) is 7. The number of anilines is 1. The van der Waals surface area contributed by atoms with Crippen LogP contribution in [0.4, 0.5) is 5.69 Å². The summed E-state index contributed by atoms with van der Waals surface area (Å²) in [6.45, 7) is 3.46. The molecule has 0 N–H and O–H groups in total. The van der Waals surface area contributed by atoms with Crippen molar-refractivity contribution >= 4 is 33.0 Å². The quantitative estimate of drug-likeness (QED) is 0.574. The zero-order valence-electron chi connectivity index (χ0n) is 16.5. The molecule has 4 rings (SSSR count). The summed E-state index contributed by atoms with van der Waals surface area (Å²) in [6, 6.07) is 10.5. The van der Waals surface area contributed by atoms with Crippen molar-refractivity contribution in [1.82, 2.24) is 15.1 Å². The Morgan fingerprint density at radius 1 is 1.17 bits per heavy atom. The third-order valence-electron chi connectivity index (χ3n) is 4.95. The zero-order chi connectivity index (χ0) is 21.1. The lowest BCUT2D eigenvalue weighted by atomic mass is 10.1. The van der Waals surface area contributed by atoms with Crippen LogP contribution in [-0.4, -0.2) is 49.1 Å². The minimum absolute atomic E-state index is 0.0676. The van der Waals surface area contributed by atoms with Crippen LogP contribution in [0, 0.1) is 0 Å². The Labute approximate surface area is 179 Å². The predicted octanol–water partition coefficient (Wildman–Crippen LogP) is 3.64. The van der Waals surface area contributed by atoms with Gasteiger partial charge in [0.2, 0.25) is 5.89 Å². The fourth-order valence-electron chi connectivity index (χ4n) is 3.42. The first-order chi connectivity index (χ1) is 14.5. The van der Waals surface area contributed by atoms with Crippen LogP contribution in [0.25, 0.3) is 11.5 Å². The molecular weight excluding hydrogens is 424 g/mol. The van der Waals surface area contributed by atoms with Gasteiger partial charge in [0.15, 0.2) is 0 Å². The maximum atomic E-state index is 13.1. The number of para-hydroxylation sites is 1. The number of carbonyl (C=O) groups excluding carboxylic acids is 1. The maximum absolute atomic E-state index is 13.1. The van der Waals surface area contributed by atoms with Crippen molar-refractivity contribution in [3.8, 4) is 11.5 Å². The molecule has 0 saturated carbocycles. The van der Waals surface area contributed by atoms with Gasteiger partial charge in [-0.15, -0.1) is 21.5 Å². The lowest BCUT2D eigenvalue weighted by molar-refractivity contribution is 0.0684. The van der Waals surface area contributed by atoms with Crippen molar-refractivity contribution in [3.63, 3.8) is 0 Å². The van der Waals surface area contributed by atoms with Crippen molar-refractivity contribution in [2.75, 3.05) is 23.9 Å². The highest BCUT2D eigenvalue weighted by molar-refractivity contribution is 7.94. The van der Waals surface area contributed by atoms with Gasteiger partial charge in [-0.25, -0.2) is 8.42 Å². The van der Waals surface area contributed by atoms with E-state index in [9.17, 15) is 13.2 Å². The van der Waals surface area contributed by atoms with Crippen molar-refractivity contribution in [3.05, 3.63) is 47.7 Å². The molecule has 3 aromatic rings. The van der Waals surface area contributed by atoms with Gasteiger partial charge in [-0.2, -0.15) is 0 Å². The number of rotatable bonds is 6. The van der Waals surface area contributed by atoms with Crippen LogP contribution in [0.1, 0.15) is 36.9 Å². The SMILES string of the molecule is CCN(c1ccccc1)S(=O)(=O)c1cc(-c2nnc(C(=O)N3CCCCC3)o2)cs1. The first-order valence-corrected chi connectivity index (χ1v) is 12.1. The van der Waals surface area contributed by atoms with E-state index in [0.29, 0.717) is 30.9 Å². The summed E-state index contributed by atoms with van der Waals surface area (Å²) in [5.41, 5.74) is 1.08. The van der Waals surface area contributed by atoms with Crippen molar-refractivity contribution in [1.29, 1.82) is 0 Å². The molecule has 1 amide bonds. The van der Waals surface area contributed by atoms with Gasteiger partial charge in [-0.1, -0.05) is 18.2 Å². The number of benzene rings is 1. The molecule has 0 atom stereocenters. The molecule has 1 aromatic carbocycles. The van der Waals surface area contributed by atoms with Gasteiger partial charge in [0.05, 0.1) is 11.3 Å². The molecule has 3 heterocycles. The van der Waals surface area contributed by atoms with Gasteiger partial charge in [0.1, 0.15) is 4.21 Å². The van der Waals surface area contributed by atoms with E-state index < -0.39 is 10.0 Å². The Kier molecular flexibility index (Phi) is 5.87. The molecule has 1 fully saturated rings. The molecule has 0 radical (unpaired) electrons. The highest BCUT2D eigenvalue weighted by Gasteiger charge is 2.28. The third kappa shape index (κ3) is 3.97. The summed E-state index contributed by atoms with van der Waals surface area (Å²) in [7, 11) is -3.73. The van der Waals surface area contributed by atoms with E-state index in [4.69, 9.17) is 4.42 Å². The van der Waals surface area contributed by atoms with Gasteiger partial charge in [0, 0.05) is 25.0 Å². The molecule has 1 aliphatic heterocycles. The van der Waals surface area contributed by atoms with Crippen molar-refractivity contribution in [2.45, 2.75) is 30.4 Å². The van der Waals surface area contributed by atoms with Gasteiger partial charge in [-0.05, 0) is 44.4 Å². The molecule has 1 saturated heterocycles. The van der Waals surface area contributed by atoms with E-state index in [-0.39, 0.29) is 21.9 Å². The number of nitrogens with zero attached hydrogens (tertiary/aromatic N) is 4. The molecule has 10 heteroatoms. The van der Waals surface area contributed by atoms with Crippen molar-refractivity contribution in [2.24, 2.45) is 0 Å². The second kappa shape index (κ2) is 8.57. The normalized spacial score (nSPS) is 14.6. The van der Waals surface area contributed by atoms with Gasteiger partial charge in [0.25, 0.3) is 10.0 Å². The number of likely N-dealkylation sites (tertiary alicyclic amines) is 1. The highest BCUT2D eigenvalue weighted by atomic mass is 32.2. The molecule has 2 aromatic heterocycles. The number of carbonyl (C=O) groups is 1. The summed E-state index contributed by atoms with van der Waals surface area (Å²) >= 11 is 1.08. The Morgan fingerprint density at radius 3 is 2.60 bits per heavy atom. The average Bonchev–Trinajstić information content (AvgIpc) is 3.45. The maximum Gasteiger partial charge on any atom is 0.311 e. The minimum atomic E-state index is -3.73. The molecule has 0 spiro atoms. The largest absolute Gasteiger partial charge is 0.412 e. The molecular formula is C20H22N4O4S2. The van der Waals surface area contributed by atoms with Crippen molar-refractivity contribution < 1.29 is 17.6 Å². The Hall–Kier alpha value is -2.72. The summed E-state index contributed by atoms with van der Waals surface area (Å²) in [4.78, 5) is 14.2. The summed E-state index contributed by atoms with van der Waals surface area (Å²) in [6.07, 6.45) is 3.05. The Morgan fingerprint density at radius 2 is 1.90 bits per heavy atom. The van der Waals surface area contributed by atoms with E-state index in [1.165, 1.54) is 10.4 Å². The van der Waals surface area contributed by atoms with Crippen LogP contribution >= 0.6 is 11.3 Å². The lowest BCUT2D eigenvalue weighted by Crippen LogP contribution is -2.35. The summed E-state index contributed by atoms with van der Waals surface area (Å²) in [5.74, 6) is -0.212. The monoisotopic (exact) mass is 446 g/mol. The van der Waals surface area contributed by atoms with Crippen LogP contribution in [0.2, 0.25) is 0 Å². The summed E-state index contributed by atoms with van der Waals surface area (Å²) in [5, 5.41) is 9.48. The van der Waals surface area contributed by atoms with Crippen LogP contribution < -0.4 is 4.31 Å². The van der Waals surface area contributed by atoms with Crippen LogP contribution in [0.5, 0.6) is 0 Å². The average molecular weight is 447 g/mol. The fraction of sp³-hybridized carbons (Fsp3) is 0.350. The van der Waals surface area contributed by atoms with Gasteiger partial charge < -0.3 is 9.32 Å². The zero-order valence-corrected chi connectivity index (χ0v) is 18.2. The molecule has 0 aliphatic carbocycles. The lowest BCUT2D eigenvalue weighted by Gasteiger charge is -2.24. The number of sulfonamides is 1. The smallest absolute Gasteiger partial charge is 0.311 e. The number of piperidine rings is 1. The number of thiophene rings is 1. The van der Waals surface area contributed by atoms with E-state index in [1.54, 1.807) is 41.5 Å². The molecule has 0 unspecified atom stereocenters. The van der Waals surface area contributed by atoms with Crippen LogP contribution in [0.3, 0.4) is 0 Å². The van der Waals surface area contributed by atoms with E-state index in [1.807, 2.05) is 6.07 Å². The minimum Gasteiger partial charge on any atom is -0.412 e. The molecule has 0 bridgehead atoms. The molecule has 8 nitrogen and oxygen atoms in total. The number of amides is 1. The first kappa shape index (κ1) is 20.5. The molecule has 1 aliphatic rings. The molecule has 30 heavy (non-hydrogen) atoms. The number of aromatic nitrogens is 2. The van der Waals surface area contributed by atoms with Crippen LogP contribution in [-0.2, 0) is 10.0 Å². The van der Waals surface area contributed by atoms with E-state index >= 15 is 0 Å². The van der Waals surface area contributed by atoms with Crippen LogP contribution in [0.15, 0.2) is 50.4 Å². The molecule has 158 valence electrons. The third-order valence-corrected chi connectivity index (χ3v) is 8.27. The second-order valence-electron chi connectivity index (χ2n) is 6.92. The highest BCUT2D eigenvalue weighted by Crippen LogP contribution is 2.32. The predicted molar refractivity (Wildman–Crippen MR) is 114 cm³/mol. The summed E-state index contributed by atoms with van der Waals surface area (Å²) < 4.78 is 33.4. The first-order valence-electron chi connectivity index (χ1n) is 9.80. The van der Waals surface area contributed by atoms with Gasteiger partial charge >= 0.3 is 11.8 Å². The topological polar surface area (TPSA) is 96.6 Å². The standard InChI is InChI=1S/C20H22N4O4S2/c1-2-24(16-9-5-3-6-10-16)30(26,27)17-13-15(14-29-17)18-21-22-19(28-18)20(25)23-11-7-4-8-12-23/h3,5-6,9-10,13-14H,2,4,7-8,11-12H2,1H3. The van der Waals surface area contributed by atoms with E-state index in [0.717, 1.165) is 30.6 Å². The second-order valence-corrected chi connectivity index (χ2v) is 9.93. The van der Waals surface area contributed by atoms with E-state index in [2.05, 4.69) is 10.2 Å². The Balaban J connectivity index is 1.57. The number of hydrogen-bond donors (Lipinski definition) is 0. The Bertz CT molecular complexity index is 1120.